The van der Waals surface area contributed by atoms with Gasteiger partial charge in [0.15, 0.2) is 4.34 Å². The number of hydrogen-bond donors (Lipinski definition) is 0. The first kappa shape index (κ1) is 16.9. The second kappa shape index (κ2) is 6.99. The van der Waals surface area contributed by atoms with E-state index >= 15 is 0 Å². The highest BCUT2D eigenvalue weighted by Crippen LogP contribution is 2.36. The minimum absolute atomic E-state index is 0.658. The molecule has 0 bridgehead atoms. The van der Waals surface area contributed by atoms with Crippen molar-refractivity contribution in [3.63, 3.8) is 0 Å². The Morgan fingerprint density at radius 1 is 1.23 bits per heavy atom. The van der Waals surface area contributed by atoms with Gasteiger partial charge in [-0.1, -0.05) is 30.3 Å². The molecule has 3 nitrogen and oxygen atoms in total. The van der Waals surface area contributed by atoms with E-state index < -0.39 is 0 Å². The lowest BCUT2D eigenvalue weighted by Crippen LogP contribution is -1.96. The molecular weight excluding hydrogens is 358 g/mol. The minimum atomic E-state index is 0.658. The quantitative estimate of drug-likeness (QED) is 0.313. The Hall–Kier alpha value is -2.55. The van der Waals surface area contributed by atoms with Gasteiger partial charge in [-0.05, 0) is 49.9 Å². The number of aryl methyl sites for hydroxylation is 1. The van der Waals surface area contributed by atoms with Crippen molar-refractivity contribution in [2.75, 3.05) is 0 Å². The predicted octanol–water partition coefficient (Wildman–Crippen LogP) is 6.24. The van der Waals surface area contributed by atoms with E-state index in [1.165, 1.54) is 28.4 Å². The van der Waals surface area contributed by atoms with Gasteiger partial charge in [-0.2, -0.15) is 5.26 Å². The molecule has 0 saturated heterocycles. The van der Waals surface area contributed by atoms with E-state index in [1.54, 1.807) is 11.3 Å². The van der Waals surface area contributed by atoms with E-state index in [2.05, 4.69) is 53.7 Å². The average Bonchev–Trinajstić information content (AvgIpc) is 3.19. The Balaban J connectivity index is 1.77. The zero-order chi connectivity index (χ0) is 18.1. The maximum atomic E-state index is 9.68. The summed E-state index contributed by atoms with van der Waals surface area (Å²) in [6.07, 6.45) is 2.00. The molecular formula is C21H17N3S2. The maximum Gasteiger partial charge on any atom is 0.156 e. The molecule has 2 aromatic carbocycles. The number of para-hydroxylation sites is 2. The van der Waals surface area contributed by atoms with Crippen molar-refractivity contribution in [2.24, 2.45) is 0 Å². The zero-order valence-electron chi connectivity index (χ0n) is 14.6. The Morgan fingerprint density at radius 3 is 2.77 bits per heavy atom. The second-order valence-corrected chi connectivity index (χ2v) is 8.25. The van der Waals surface area contributed by atoms with E-state index in [0.717, 1.165) is 26.7 Å². The first-order valence-electron chi connectivity index (χ1n) is 8.44. The summed E-state index contributed by atoms with van der Waals surface area (Å²) in [7, 11) is 0. The van der Waals surface area contributed by atoms with E-state index in [1.807, 2.05) is 30.3 Å². The molecule has 0 aliphatic carbocycles. The van der Waals surface area contributed by atoms with Gasteiger partial charge in [-0.15, -0.1) is 11.3 Å². The lowest BCUT2D eigenvalue weighted by molar-refractivity contribution is 0.769. The third-order valence-corrected chi connectivity index (χ3v) is 6.48. The number of allylic oxidation sites excluding steroid dienone is 1. The summed E-state index contributed by atoms with van der Waals surface area (Å²) in [5.41, 5.74) is 4.50. The number of aromatic nitrogens is 2. The summed E-state index contributed by atoms with van der Waals surface area (Å²) in [5, 5.41) is 10.9. The molecule has 4 aromatic rings. The summed E-state index contributed by atoms with van der Waals surface area (Å²) < 4.78 is 4.33. The number of benzene rings is 2. The van der Waals surface area contributed by atoms with E-state index in [4.69, 9.17) is 0 Å². The van der Waals surface area contributed by atoms with Crippen LogP contribution in [0.2, 0.25) is 0 Å². The summed E-state index contributed by atoms with van der Waals surface area (Å²) in [6, 6.07) is 18.8. The van der Waals surface area contributed by atoms with Gasteiger partial charge >= 0.3 is 0 Å². The molecule has 0 aliphatic heterocycles. The topological polar surface area (TPSA) is 41.6 Å². The van der Waals surface area contributed by atoms with Crippen LogP contribution in [0.15, 0.2) is 57.8 Å². The number of nitriles is 1. The van der Waals surface area contributed by atoms with Crippen LogP contribution in [0.25, 0.3) is 27.2 Å². The molecule has 0 radical (unpaired) electrons. The fraction of sp³-hybridized carbons (Fsp3) is 0.143. The normalized spacial score (nSPS) is 12.0. The summed E-state index contributed by atoms with van der Waals surface area (Å²) in [6.45, 7) is 5.17. The number of rotatable bonds is 4. The molecule has 0 saturated carbocycles. The molecule has 0 amide bonds. The van der Waals surface area contributed by atoms with E-state index in [-0.39, 0.29) is 0 Å². The molecule has 128 valence electrons. The Labute approximate surface area is 160 Å². The van der Waals surface area contributed by atoms with Gasteiger partial charge in [0.1, 0.15) is 6.07 Å². The standard InChI is InChI=1S/C21H17N3S2/c1-3-24-14(2)17(16-8-4-6-10-19(16)24)12-15(13-22)25-21-23-18-9-5-7-11-20(18)26-21/h4-12H,3H2,1-2H3. The lowest BCUT2D eigenvalue weighted by atomic mass is 10.1. The van der Waals surface area contributed by atoms with Gasteiger partial charge in [0.25, 0.3) is 0 Å². The summed E-state index contributed by atoms with van der Waals surface area (Å²) in [5.74, 6) is 0. The van der Waals surface area contributed by atoms with Crippen LogP contribution in [0.3, 0.4) is 0 Å². The van der Waals surface area contributed by atoms with Crippen molar-refractivity contribution >= 4 is 50.3 Å². The van der Waals surface area contributed by atoms with Crippen molar-refractivity contribution < 1.29 is 0 Å². The largest absolute Gasteiger partial charge is 0.345 e. The number of fused-ring (bicyclic) bond motifs is 2. The average molecular weight is 376 g/mol. The Kier molecular flexibility index (Phi) is 4.54. The molecule has 26 heavy (non-hydrogen) atoms. The van der Waals surface area contributed by atoms with Crippen LogP contribution in [-0.4, -0.2) is 9.55 Å². The van der Waals surface area contributed by atoms with Crippen LogP contribution in [0, 0.1) is 18.3 Å². The van der Waals surface area contributed by atoms with Crippen molar-refractivity contribution in [1.82, 2.24) is 9.55 Å². The highest BCUT2D eigenvalue weighted by molar-refractivity contribution is 8.05. The van der Waals surface area contributed by atoms with Gasteiger partial charge in [0.2, 0.25) is 0 Å². The van der Waals surface area contributed by atoms with Crippen LogP contribution < -0.4 is 0 Å². The van der Waals surface area contributed by atoms with Crippen LogP contribution in [0.1, 0.15) is 18.2 Å². The highest BCUT2D eigenvalue weighted by Gasteiger charge is 2.13. The molecule has 0 unspecified atom stereocenters. The lowest BCUT2D eigenvalue weighted by Gasteiger charge is -2.03. The van der Waals surface area contributed by atoms with Gasteiger partial charge in [-0.3, -0.25) is 0 Å². The number of thiazole rings is 1. The predicted molar refractivity (Wildman–Crippen MR) is 111 cm³/mol. The van der Waals surface area contributed by atoms with Gasteiger partial charge < -0.3 is 4.57 Å². The molecule has 2 aromatic heterocycles. The molecule has 0 atom stereocenters. The Morgan fingerprint density at radius 2 is 2.00 bits per heavy atom. The third kappa shape index (κ3) is 2.92. The fourth-order valence-electron chi connectivity index (χ4n) is 3.25. The monoisotopic (exact) mass is 375 g/mol. The van der Waals surface area contributed by atoms with E-state index in [0.29, 0.717) is 4.91 Å². The molecule has 5 heteroatoms. The fourth-order valence-corrected chi connectivity index (χ4v) is 5.21. The molecule has 0 spiro atoms. The van der Waals surface area contributed by atoms with Gasteiger partial charge in [-0.25, -0.2) is 4.98 Å². The molecule has 0 fully saturated rings. The van der Waals surface area contributed by atoms with E-state index in [9.17, 15) is 5.26 Å². The Bertz CT molecular complexity index is 1140. The SMILES string of the molecule is CCn1c(C)c(C=C(C#N)Sc2nc3ccccc3s2)c2ccccc21. The van der Waals surface area contributed by atoms with Crippen LogP contribution in [0.4, 0.5) is 0 Å². The number of thioether (sulfide) groups is 1. The van der Waals surface area contributed by atoms with Crippen molar-refractivity contribution in [2.45, 2.75) is 24.7 Å². The smallest absolute Gasteiger partial charge is 0.156 e. The van der Waals surface area contributed by atoms with Crippen molar-refractivity contribution in [3.05, 3.63) is 64.7 Å². The number of nitrogens with zero attached hydrogens (tertiary/aromatic N) is 3. The molecule has 2 heterocycles. The molecule has 0 N–H and O–H groups in total. The minimum Gasteiger partial charge on any atom is -0.345 e. The van der Waals surface area contributed by atoms with Gasteiger partial charge in [0, 0.05) is 28.7 Å². The van der Waals surface area contributed by atoms with Crippen LogP contribution >= 0.6 is 23.1 Å². The molecule has 0 aliphatic rings. The summed E-state index contributed by atoms with van der Waals surface area (Å²) in [4.78, 5) is 5.29. The second-order valence-electron chi connectivity index (χ2n) is 5.93. The third-order valence-electron chi connectivity index (χ3n) is 4.45. The van der Waals surface area contributed by atoms with Crippen LogP contribution in [0.5, 0.6) is 0 Å². The van der Waals surface area contributed by atoms with Crippen molar-refractivity contribution in [3.8, 4) is 6.07 Å². The van der Waals surface area contributed by atoms with Crippen LogP contribution in [-0.2, 0) is 6.54 Å². The first-order valence-corrected chi connectivity index (χ1v) is 10.1. The highest BCUT2D eigenvalue weighted by atomic mass is 32.2. The van der Waals surface area contributed by atoms with Crippen molar-refractivity contribution in [1.29, 1.82) is 5.26 Å². The maximum absolute atomic E-state index is 9.68. The first-order chi connectivity index (χ1) is 12.7. The zero-order valence-corrected chi connectivity index (χ0v) is 16.2. The molecule has 4 rings (SSSR count). The summed E-state index contributed by atoms with van der Waals surface area (Å²) >= 11 is 3.07. The number of hydrogen-bond acceptors (Lipinski definition) is 4. The van der Waals surface area contributed by atoms with Gasteiger partial charge in [0.05, 0.1) is 15.1 Å².